The molecule has 2 fully saturated rings. The van der Waals surface area contributed by atoms with Gasteiger partial charge < -0.3 is 14.6 Å². The third-order valence-electron chi connectivity index (χ3n) is 5.64. The van der Waals surface area contributed by atoms with Crippen LogP contribution in [0, 0.1) is 0 Å². The Morgan fingerprint density at radius 1 is 1.23 bits per heavy atom. The highest BCUT2D eigenvalue weighted by Crippen LogP contribution is 2.29. The fraction of sp³-hybridized carbons (Fsp3) is 0.571. The number of imidazole rings is 1. The number of benzene rings is 1. The number of piperidine rings is 1. The summed E-state index contributed by atoms with van der Waals surface area (Å²) in [7, 11) is 0. The van der Waals surface area contributed by atoms with Gasteiger partial charge in [-0.15, -0.1) is 0 Å². The quantitative estimate of drug-likeness (QED) is 0.866. The number of hydrogen-bond donors (Lipinski definition) is 1. The van der Waals surface area contributed by atoms with Gasteiger partial charge in [-0.05, 0) is 38.3 Å². The number of ether oxygens (including phenoxy) is 1. The Labute approximate surface area is 156 Å². The molecular weight excluding hydrogens is 324 g/mol. The van der Waals surface area contributed by atoms with Crippen LogP contribution >= 0.6 is 0 Å². The van der Waals surface area contributed by atoms with Crippen LogP contribution in [0.1, 0.15) is 43.7 Å². The second-order valence-electron chi connectivity index (χ2n) is 7.48. The van der Waals surface area contributed by atoms with Crippen molar-refractivity contribution in [3.63, 3.8) is 0 Å². The van der Waals surface area contributed by atoms with Crippen molar-refractivity contribution in [3.05, 3.63) is 54.1 Å². The summed E-state index contributed by atoms with van der Waals surface area (Å²) >= 11 is 0. The first kappa shape index (κ1) is 17.7. The molecule has 1 aromatic carbocycles. The number of rotatable bonds is 6. The summed E-state index contributed by atoms with van der Waals surface area (Å²) in [5.74, 6) is 1.07. The highest BCUT2D eigenvalue weighted by Gasteiger charge is 2.34. The van der Waals surface area contributed by atoms with Crippen molar-refractivity contribution >= 4 is 0 Å². The fourth-order valence-corrected chi connectivity index (χ4v) is 4.34. The largest absolute Gasteiger partial charge is 0.369 e. The van der Waals surface area contributed by atoms with Crippen LogP contribution in [0.25, 0.3) is 0 Å². The Hall–Kier alpha value is -1.69. The summed E-state index contributed by atoms with van der Waals surface area (Å²) in [5, 5.41) is 3.90. The SMILES string of the molecule is CCn1ccnc1[C@H]1OCC[C@@H]1NC1CCCN(Cc2ccccc2)C1. The summed E-state index contributed by atoms with van der Waals surface area (Å²) in [6.07, 6.45) is 7.59. The van der Waals surface area contributed by atoms with E-state index in [-0.39, 0.29) is 6.10 Å². The van der Waals surface area contributed by atoms with E-state index in [0.717, 1.165) is 38.5 Å². The molecule has 2 aromatic rings. The molecule has 1 N–H and O–H groups in total. The monoisotopic (exact) mass is 354 g/mol. The van der Waals surface area contributed by atoms with Crippen LogP contribution in [0.2, 0.25) is 0 Å². The summed E-state index contributed by atoms with van der Waals surface area (Å²) in [6.45, 7) is 7.27. The second kappa shape index (κ2) is 8.33. The molecule has 2 aliphatic heterocycles. The van der Waals surface area contributed by atoms with E-state index >= 15 is 0 Å². The lowest BCUT2D eigenvalue weighted by atomic mass is 10.0. The van der Waals surface area contributed by atoms with Gasteiger partial charge in [0, 0.05) is 50.7 Å². The van der Waals surface area contributed by atoms with Gasteiger partial charge in [0.25, 0.3) is 0 Å². The Morgan fingerprint density at radius 2 is 2.12 bits per heavy atom. The standard InChI is InChI=1S/C21H30N4O/c1-2-25-13-11-22-21(25)20-19(10-14-26-20)23-18-9-6-12-24(16-18)15-17-7-4-3-5-8-17/h3-5,7-8,11,13,18-20,23H,2,6,9-10,12,14-16H2,1H3/t18?,19-,20-/m0/s1. The third kappa shape index (κ3) is 4.00. The van der Waals surface area contributed by atoms with Crippen molar-refractivity contribution in [1.29, 1.82) is 0 Å². The molecule has 1 unspecified atom stereocenters. The van der Waals surface area contributed by atoms with E-state index in [1.54, 1.807) is 0 Å². The zero-order chi connectivity index (χ0) is 17.8. The zero-order valence-electron chi connectivity index (χ0n) is 15.7. The predicted molar refractivity (Wildman–Crippen MR) is 103 cm³/mol. The van der Waals surface area contributed by atoms with Gasteiger partial charge in [0.1, 0.15) is 11.9 Å². The number of likely N-dealkylation sites (tertiary alicyclic amines) is 1. The van der Waals surface area contributed by atoms with Crippen molar-refractivity contribution < 1.29 is 4.74 Å². The van der Waals surface area contributed by atoms with Crippen LogP contribution in [0.3, 0.4) is 0 Å². The van der Waals surface area contributed by atoms with Crippen molar-refractivity contribution in [2.24, 2.45) is 0 Å². The molecule has 5 heteroatoms. The van der Waals surface area contributed by atoms with E-state index in [2.05, 4.69) is 63.2 Å². The Balaban J connectivity index is 1.37. The average molecular weight is 354 g/mol. The molecule has 0 saturated carbocycles. The molecule has 0 radical (unpaired) electrons. The van der Waals surface area contributed by atoms with Crippen LogP contribution in [0.15, 0.2) is 42.7 Å². The lowest BCUT2D eigenvalue weighted by molar-refractivity contribution is 0.0813. The van der Waals surface area contributed by atoms with Gasteiger partial charge in [0.05, 0.1) is 0 Å². The maximum absolute atomic E-state index is 6.06. The Morgan fingerprint density at radius 3 is 2.96 bits per heavy atom. The van der Waals surface area contributed by atoms with Gasteiger partial charge in [-0.25, -0.2) is 4.98 Å². The third-order valence-corrected chi connectivity index (χ3v) is 5.64. The molecule has 2 aliphatic rings. The molecule has 4 rings (SSSR count). The lowest BCUT2D eigenvalue weighted by Crippen LogP contribution is -2.49. The molecule has 26 heavy (non-hydrogen) atoms. The molecule has 5 nitrogen and oxygen atoms in total. The van der Waals surface area contributed by atoms with Gasteiger partial charge in [-0.1, -0.05) is 30.3 Å². The molecule has 140 valence electrons. The van der Waals surface area contributed by atoms with Gasteiger partial charge >= 0.3 is 0 Å². The van der Waals surface area contributed by atoms with E-state index in [1.807, 2.05) is 6.20 Å². The smallest absolute Gasteiger partial charge is 0.139 e. The molecule has 0 aliphatic carbocycles. The summed E-state index contributed by atoms with van der Waals surface area (Å²) in [6, 6.07) is 11.7. The molecule has 2 saturated heterocycles. The first-order valence-corrected chi connectivity index (χ1v) is 9.98. The summed E-state index contributed by atoms with van der Waals surface area (Å²) in [4.78, 5) is 7.15. The van der Waals surface area contributed by atoms with E-state index in [0.29, 0.717) is 12.1 Å². The van der Waals surface area contributed by atoms with Crippen molar-refractivity contribution in [2.45, 2.75) is 57.5 Å². The fourth-order valence-electron chi connectivity index (χ4n) is 4.34. The maximum atomic E-state index is 6.06. The molecule has 0 bridgehead atoms. The highest BCUT2D eigenvalue weighted by molar-refractivity contribution is 5.14. The first-order chi connectivity index (χ1) is 12.8. The summed E-state index contributed by atoms with van der Waals surface area (Å²) in [5.41, 5.74) is 1.40. The van der Waals surface area contributed by atoms with Crippen LogP contribution in [0.4, 0.5) is 0 Å². The summed E-state index contributed by atoms with van der Waals surface area (Å²) < 4.78 is 8.26. The number of nitrogens with zero attached hydrogens (tertiary/aromatic N) is 3. The van der Waals surface area contributed by atoms with Crippen molar-refractivity contribution in [1.82, 2.24) is 19.8 Å². The van der Waals surface area contributed by atoms with Crippen LogP contribution in [-0.4, -0.2) is 46.2 Å². The van der Waals surface area contributed by atoms with Gasteiger partial charge in [0.15, 0.2) is 0 Å². The van der Waals surface area contributed by atoms with Crippen molar-refractivity contribution in [3.8, 4) is 0 Å². The van der Waals surface area contributed by atoms with E-state index < -0.39 is 0 Å². The van der Waals surface area contributed by atoms with E-state index in [9.17, 15) is 0 Å². The molecule has 0 spiro atoms. The average Bonchev–Trinajstić information content (AvgIpc) is 3.31. The minimum atomic E-state index is 0.0782. The number of hydrogen-bond acceptors (Lipinski definition) is 4. The maximum Gasteiger partial charge on any atom is 0.139 e. The highest BCUT2D eigenvalue weighted by atomic mass is 16.5. The molecular formula is C21H30N4O. The molecule has 1 aromatic heterocycles. The van der Waals surface area contributed by atoms with Crippen LogP contribution in [-0.2, 0) is 17.8 Å². The van der Waals surface area contributed by atoms with Gasteiger partial charge in [-0.2, -0.15) is 0 Å². The second-order valence-corrected chi connectivity index (χ2v) is 7.48. The van der Waals surface area contributed by atoms with Gasteiger partial charge in [-0.3, -0.25) is 4.90 Å². The number of aryl methyl sites for hydroxylation is 1. The number of nitrogens with one attached hydrogen (secondary N) is 1. The minimum Gasteiger partial charge on any atom is -0.369 e. The molecule has 3 heterocycles. The topological polar surface area (TPSA) is 42.3 Å². The van der Waals surface area contributed by atoms with Crippen molar-refractivity contribution in [2.75, 3.05) is 19.7 Å². The first-order valence-electron chi connectivity index (χ1n) is 9.98. The minimum absolute atomic E-state index is 0.0782. The Kier molecular flexibility index (Phi) is 5.68. The zero-order valence-corrected chi connectivity index (χ0v) is 15.7. The normalized spacial score (nSPS) is 27.0. The number of aromatic nitrogens is 2. The molecule has 0 amide bonds. The van der Waals surface area contributed by atoms with Crippen LogP contribution < -0.4 is 5.32 Å². The van der Waals surface area contributed by atoms with Gasteiger partial charge in [0.2, 0.25) is 0 Å². The predicted octanol–water partition coefficient (Wildman–Crippen LogP) is 2.99. The van der Waals surface area contributed by atoms with E-state index in [4.69, 9.17) is 4.74 Å². The lowest BCUT2D eigenvalue weighted by Gasteiger charge is -2.35. The van der Waals surface area contributed by atoms with E-state index in [1.165, 1.54) is 24.9 Å². The Bertz CT molecular complexity index is 686. The van der Waals surface area contributed by atoms with Crippen LogP contribution in [0.5, 0.6) is 0 Å². The molecule has 3 atom stereocenters.